The van der Waals surface area contributed by atoms with Crippen molar-refractivity contribution < 1.29 is 13.2 Å². The van der Waals surface area contributed by atoms with Gasteiger partial charge in [-0.15, -0.1) is 0 Å². The number of sulfone groups is 1. The summed E-state index contributed by atoms with van der Waals surface area (Å²) in [4.78, 5) is 13.7. The minimum atomic E-state index is -3.01. The number of nitrogens with one attached hydrogen (secondary N) is 1. The van der Waals surface area contributed by atoms with Gasteiger partial charge < -0.3 is 5.32 Å². The number of benzene rings is 1. The molecule has 1 amide bonds. The first-order chi connectivity index (χ1) is 10.1. The van der Waals surface area contributed by atoms with Gasteiger partial charge in [-0.05, 0) is 31.2 Å². The molecule has 5 nitrogen and oxygen atoms in total. The predicted octanol–water partition coefficient (Wildman–Crippen LogP) is 2.54. The molecule has 0 radical (unpaired) electrons. The van der Waals surface area contributed by atoms with E-state index in [1.807, 2.05) is 6.92 Å². The molecule has 1 aromatic rings. The van der Waals surface area contributed by atoms with Crippen LogP contribution in [0.25, 0.3) is 0 Å². The molecule has 0 heterocycles. The van der Waals surface area contributed by atoms with Gasteiger partial charge in [0.05, 0.1) is 22.3 Å². The number of carbonyl (C=O) groups is 1. The smallest absolute Gasteiger partial charge is 0.238 e. The van der Waals surface area contributed by atoms with Gasteiger partial charge in [0.2, 0.25) is 5.91 Å². The van der Waals surface area contributed by atoms with Crippen LogP contribution in [0.4, 0.5) is 5.69 Å². The van der Waals surface area contributed by atoms with Crippen molar-refractivity contribution in [3.8, 4) is 0 Å². The van der Waals surface area contributed by atoms with Crippen molar-refractivity contribution in [3.63, 3.8) is 0 Å². The van der Waals surface area contributed by atoms with Gasteiger partial charge in [0.25, 0.3) is 0 Å². The molecule has 0 fully saturated rings. The van der Waals surface area contributed by atoms with Gasteiger partial charge in [-0.2, -0.15) is 0 Å². The van der Waals surface area contributed by atoms with Crippen LogP contribution in [-0.2, 0) is 14.6 Å². The van der Waals surface area contributed by atoms with Gasteiger partial charge in [0, 0.05) is 18.5 Å². The predicted molar refractivity (Wildman–Crippen MR) is 91.5 cm³/mol. The molecular weight excluding hydrogens is 347 g/mol. The van der Waals surface area contributed by atoms with E-state index in [-0.39, 0.29) is 24.1 Å². The second kappa shape index (κ2) is 8.15. The van der Waals surface area contributed by atoms with Crippen LogP contribution in [0.3, 0.4) is 0 Å². The van der Waals surface area contributed by atoms with Crippen molar-refractivity contribution in [3.05, 3.63) is 28.2 Å². The second-order valence-corrected chi connectivity index (χ2v) is 8.57. The summed E-state index contributed by atoms with van der Waals surface area (Å²) in [5.74, 6) is -0.142. The summed E-state index contributed by atoms with van der Waals surface area (Å²) in [6.07, 6.45) is 1.21. The van der Waals surface area contributed by atoms with Crippen molar-refractivity contribution in [1.29, 1.82) is 0 Å². The molecule has 0 aromatic heterocycles. The summed E-state index contributed by atoms with van der Waals surface area (Å²) in [5.41, 5.74) is 0.567. The number of anilines is 1. The van der Waals surface area contributed by atoms with E-state index < -0.39 is 9.84 Å². The molecule has 0 aliphatic heterocycles. The van der Waals surface area contributed by atoms with E-state index in [1.165, 1.54) is 6.26 Å². The second-order valence-electron chi connectivity index (χ2n) is 5.57. The Morgan fingerprint density at radius 3 is 2.50 bits per heavy atom. The molecule has 0 bridgehead atoms. The van der Waals surface area contributed by atoms with Gasteiger partial charge in [0.1, 0.15) is 9.84 Å². The van der Waals surface area contributed by atoms with E-state index in [2.05, 4.69) is 5.32 Å². The van der Waals surface area contributed by atoms with Crippen LogP contribution in [0.1, 0.15) is 6.92 Å². The normalized spacial score (nSPS) is 13.2. The number of likely N-dealkylation sites (N-methyl/N-ethyl adjacent to an activating group) is 1. The Labute approximate surface area is 141 Å². The molecule has 0 spiro atoms. The van der Waals surface area contributed by atoms with E-state index in [1.54, 1.807) is 30.1 Å². The number of halogens is 2. The van der Waals surface area contributed by atoms with Crippen molar-refractivity contribution in [2.45, 2.75) is 6.92 Å². The number of rotatable bonds is 7. The maximum absolute atomic E-state index is 11.9. The lowest BCUT2D eigenvalue weighted by Gasteiger charge is -2.20. The zero-order valence-electron chi connectivity index (χ0n) is 12.8. The highest BCUT2D eigenvalue weighted by molar-refractivity contribution is 7.90. The first-order valence-electron chi connectivity index (χ1n) is 6.68. The molecule has 0 aliphatic carbocycles. The molecule has 0 aliphatic rings. The maximum atomic E-state index is 11.9. The van der Waals surface area contributed by atoms with Crippen molar-refractivity contribution in [2.75, 3.05) is 37.5 Å². The standard InChI is InChI=1S/C14H20Cl2N2O3S/c1-10(9-22(3,20)21)7-18(2)8-14(19)17-11-4-5-12(15)13(16)6-11/h4-6,10H,7-9H2,1-3H3,(H,17,19)/t10-/m0/s1. The summed E-state index contributed by atoms with van der Waals surface area (Å²) >= 11 is 11.7. The largest absolute Gasteiger partial charge is 0.325 e. The first kappa shape index (κ1) is 19.2. The van der Waals surface area contributed by atoms with Crippen LogP contribution < -0.4 is 5.32 Å². The Morgan fingerprint density at radius 1 is 1.32 bits per heavy atom. The highest BCUT2D eigenvalue weighted by Crippen LogP contribution is 2.24. The third-order valence-electron chi connectivity index (χ3n) is 2.83. The number of nitrogens with zero attached hydrogens (tertiary/aromatic N) is 1. The number of amides is 1. The summed E-state index contributed by atoms with van der Waals surface area (Å²) in [7, 11) is -1.24. The molecule has 1 aromatic carbocycles. The monoisotopic (exact) mass is 366 g/mol. The van der Waals surface area contributed by atoms with Gasteiger partial charge in [-0.1, -0.05) is 30.1 Å². The quantitative estimate of drug-likeness (QED) is 0.804. The minimum Gasteiger partial charge on any atom is -0.325 e. The van der Waals surface area contributed by atoms with Crippen LogP contribution >= 0.6 is 23.2 Å². The fourth-order valence-corrected chi connectivity index (χ4v) is 3.62. The lowest BCUT2D eigenvalue weighted by Crippen LogP contribution is -2.34. The summed E-state index contributed by atoms with van der Waals surface area (Å²) in [6.45, 7) is 2.52. The molecule has 0 saturated heterocycles. The minimum absolute atomic E-state index is 0.0437. The van der Waals surface area contributed by atoms with Gasteiger partial charge >= 0.3 is 0 Å². The third kappa shape index (κ3) is 7.45. The van der Waals surface area contributed by atoms with Crippen molar-refractivity contribution in [1.82, 2.24) is 4.90 Å². The number of carbonyl (C=O) groups excluding carboxylic acids is 1. The van der Waals surface area contributed by atoms with Crippen LogP contribution in [0, 0.1) is 5.92 Å². The first-order valence-corrected chi connectivity index (χ1v) is 9.49. The Bertz CT molecular complexity index is 635. The molecule has 1 atom stereocenters. The van der Waals surface area contributed by atoms with Gasteiger partial charge in [-0.3, -0.25) is 9.69 Å². The topological polar surface area (TPSA) is 66.5 Å². The Kier molecular flexibility index (Phi) is 7.12. The maximum Gasteiger partial charge on any atom is 0.238 e. The Morgan fingerprint density at radius 2 is 1.95 bits per heavy atom. The average molecular weight is 367 g/mol. The Balaban J connectivity index is 2.48. The number of hydrogen-bond donors (Lipinski definition) is 1. The van der Waals surface area contributed by atoms with E-state index in [0.29, 0.717) is 22.3 Å². The zero-order valence-corrected chi connectivity index (χ0v) is 15.1. The zero-order chi connectivity index (χ0) is 16.9. The van der Waals surface area contributed by atoms with Crippen LogP contribution in [0.2, 0.25) is 10.0 Å². The van der Waals surface area contributed by atoms with Gasteiger partial charge in [0.15, 0.2) is 0 Å². The third-order valence-corrected chi connectivity index (χ3v) is 4.74. The van der Waals surface area contributed by atoms with Crippen LogP contribution in [0.15, 0.2) is 18.2 Å². The molecule has 124 valence electrons. The van der Waals surface area contributed by atoms with Crippen LogP contribution in [-0.4, -0.2) is 51.4 Å². The summed E-state index contributed by atoms with van der Waals surface area (Å²) in [6, 6.07) is 4.85. The highest BCUT2D eigenvalue weighted by atomic mass is 35.5. The average Bonchev–Trinajstić information content (AvgIpc) is 2.30. The molecule has 22 heavy (non-hydrogen) atoms. The molecule has 0 unspecified atom stereocenters. The van der Waals surface area contributed by atoms with Crippen LogP contribution in [0.5, 0.6) is 0 Å². The van der Waals surface area contributed by atoms with Crippen molar-refractivity contribution >= 4 is 44.6 Å². The van der Waals surface area contributed by atoms with Crippen molar-refractivity contribution in [2.24, 2.45) is 5.92 Å². The van der Waals surface area contributed by atoms with E-state index in [4.69, 9.17) is 23.2 Å². The molecule has 1 N–H and O–H groups in total. The highest BCUT2D eigenvalue weighted by Gasteiger charge is 2.15. The lowest BCUT2D eigenvalue weighted by atomic mass is 10.2. The van der Waals surface area contributed by atoms with E-state index in [9.17, 15) is 13.2 Å². The molecule has 0 saturated carbocycles. The number of hydrogen-bond acceptors (Lipinski definition) is 4. The molecular formula is C14H20Cl2N2O3S. The van der Waals surface area contributed by atoms with Gasteiger partial charge in [-0.25, -0.2) is 8.42 Å². The Hall–Kier alpha value is -0.820. The summed E-state index contributed by atoms with van der Waals surface area (Å²) < 4.78 is 22.4. The van der Waals surface area contributed by atoms with E-state index >= 15 is 0 Å². The lowest BCUT2D eigenvalue weighted by molar-refractivity contribution is -0.117. The fourth-order valence-electron chi connectivity index (χ4n) is 2.19. The fraction of sp³-hybridized carbons (Fsp3) is 0.500. The molecule has 1 rings (SSSR count). The van der Waals surface area contributed by atoms with E-state index in [0.717, 1.165) is 0 Å². The molecule has 8 heteroatoms. The summed E-state index contributed by atoms with van der Waals surface area (Å²) in [5, 5.41) is 3.51. The SMILES string of the molecule is C[C@@H](CN(C)CC(=O)Nc1ccc(Cl)c(Cl)c1)CS(C)(=O)=O.